The minimum atomic E-state index is 0.183. The number of carbonyl (C=O) groups is 1. The topological polar surface area (TPSA) is 50.2 Å². The molecule has 6 heteroatoms. The van der Waals surface area contributed by atoms with E-state index < -0.39 is 0 Å². The van der Waals surface area contributed by atoms with Crippen molar-refractivity contribution in [3.05, 3.63) is 40.3 Å². The number of rotatable bonds is 5. The van der Waals surface area contributed by atoms with Crippen molar-refractivity contribution in [2.75, 3.05) is 19.6 Å². The number of hydrogen-bond acceptors (Lipinski definition) is 4. The first kappa shape index (κ1) is 13.3. The normalized spacial score (nSPS) is 14.3. The third-order valence-corrected chi connectivity index (χ3v) is 4.54. The Hall–Kier alpha value is -1.66. The molecule has 0 saturated carbocycles. The number of thiophene rings is 1. The molecule has 0 aromatic carbocycles. The van der Waals surface area contributed by atoms with Crippen LogP contribution in [0.1, 0.15) is 10.4 Å². The van der Waals surface area contributed by atoms with E-state index in [2.05, 4.69) is 21.9 Å². The van der Waals surface area contributed by atoms with Gasteiger partial charge in [0.1, 0.15) is 0 Å². The van der Waals surface area contributed by atoms with E-state index in [4.69, 9.17) is 0 Å². The Kier molecular flexibility index (Phi) is 4.13. The molecule has 2 aromatic heterocycles. The fraction of sp³-hybridized carbons (Fsp3) is 0.429. The van der Waals surface area contributed by atoms with Crippen LogP contribution in [0.5, 0.6) is 0 Å². The van der Waals surface area contributed by atoms with Gasteiger partial charge in [-0.05, 0) is 29.5 Å². The van der Waals surface area contributed by atoms with E-state index in [1.165, 1.54) is 10.4 Å². The molecule has 3 heterocycles. The van der Waals surface area contributed by atoms with Gasteiger partial charge in [0.2, 0.25) is 5.91 Å². The highest BCUT2D eigenvalue weighted by molar-refractivity contribution is 7.10. The fourth-order valence-electron chi connectivity index (χ4n) is 2.39. The molecule has 3 rings (SSSR count). The molecule has 1 amide bonds. The maximum atomic E-state index is 12.1. The predicted molar refractivity (Wildman–Crippen MR) is 78.5 cm³/mol. The van der Waals surface area contributed by atoms with E-state index in [-0.39, 0.29) is 5.91 Å². The summed E-state index contributed by atoms with van der Waals surface area (Å²) < 4.78 is 1.86. The lowest BCUT2D eigenvalue weighted by Crippen LogP contribution is -2.41. The Bertz CT molecular complexity index is 564. The van der Waals surface area contributed by atoms with E-state index in [9.17, 15) is 4.79 Å². The molecule has 1 N–H and O–H groups in total. The summed E-state index contributed by atoms with van der Waals surface area (Å²) in [7, 11) is 0. The molecule has 0 bridgehead atoms. The Morgan fingerprint density at radius 1 is 1.50 bits per heavy atom. The molecular weight excluding hydrogens is 272 g/mol. The van der Waals surface area contributed by atoms with Gasteiger partial charge in [-0.15, -0.1) is 11.3 Å². The van der Waals surface area contributed by atoms with E-state index in [0.29, 0.717) is 6.54 Å². The number of amides is 1. The molecule has 0 aliphatic carbocycles. The Morgan fingerprint density at radius 2 is 2.45 bits per heavy atom. The van der Waals surface area contributed by atoms with Gasteiger partial charge in [0.15, 0.2) is 0 Å². The lowest BCUT2D eigenvalue weighted by Gasteiger charge is -2.27. The highest BCUT2D eigenvalue weighted by Crippen LogP contribution is 2.23. The lowest BCUT2D eigenvalue weighted by atomic mass is 10.1. The third kappa shape index (κ3) is 3.08. The van der Waals surface area contributed by atoms with E-state index in [0.717, 1.165) is 32.6 Å². The van der Waals surface area contributed by atoms with Crippen LogP contribution in [0.15, 0.2) is 29.9 Å². The van der Waals surface area contributed by atoms with Crippen molar-refractivity contribution in [3.8, 4) is 0 Å². The lowest BCUT2D eigenvalue weighted by molar-refractivity contribution is -0.131. The van der Waals surface area contributed by atoms with Crippen LogP contribution < -0.4 is 5.32 Å². The van der Waals surface area contributed by atoms with Crippen molar-refractivity contribution >= 4 is 17.2 Å². The second-order valence-corrected chi connectivity index (χ2v) is 5.88. The standard InChI is InChI=1S/C14H18N4OS/c19-14(10-15-5-8-18-6-1-4-16-18)17-7-2-13-12(11-17)3-9-20-13/h1,3-4,6,9,15H,2,5,7-8,10-11H2. The summed E-state index contributed by atoms with van der Waals surface area (Å²) >= 11 is 1.80. The van der Waals surface area contributed by atoms with E-state index in [1.807, 2.05) is 21.8 Å². The second-order valence-electron chi connectivity index (χ2n) is 4.88. The van der Waals surface area contributed by atoms with Crippen LogP contribution in [0.25, 0.3) is 0 Å². The van der Waals surface area contributed by atoms with Crippen molar-refractivity contribution in [3.63, 3.8) is 0 Å². The fourth-order valence-corrected chi connectivity index (χ4v) is 3.28. The minimum absolute atomic E-state index is 0.183. The third-order valence-electron chi connectivity index (χ3n) is 3.51. The molecule has 1 aliphatic rings. The van der Waals surface area contributed by atoms with Gasteiger partial charge in [0.25, 0.3) is 0 Å². The number of fused-ring (bicyclic) bond motifs is 1. The first-order valence-corrected chi connectivity index (χ1v) is 7.72. The molecule has 1 aliphatic heterocycles. The van der Waals surface area contributed by atoms with Crippen LogP contribution >= 0.6 is 11.3 Å². The summed E-state index contributed by atoms with van der Waals surface area (Å²) in [5.74, 6) is 0.183. The molecule has 0 unspecified atom stereocenters. The van der Waals surface area contributed by atoms with Gasteiger partial charge in [-0.1, -0.05) is 0 Å². The first-order valence-electron chi connectivity index (χ1n) is 6.84. The van der Waals surface area contributed by atoms with Crippen molar-refractivity contribution in [1.82, 2.24) is 20.0 Å². The predicted octanol–water partition coefficient (Wildman–Crippen LogP) is 1.12. The number of aromatic nitrogens is 2. The van der Waals surface area contributed by atoms with Gasteiger partial charge < -0.3 is 10.2 Å². The van der Waals surface area contributed by atoms with E-state index in [1.54, 1.807) is 17.5 Å². The number of nitrogens with zero attached hydrogens (tertiary/aromatic N) is 3. The monoisotopic (exact) mass is 290 g/mol. The first-order chi connectivity index (χ1) is 9.83. The zero-order chi connectivity index (χ0) is 13.8. The maximum Gasteiger partial charge on any atom is 0.236 e. The number of nitrogens with one attached hydrogen (secondary N) is 1. The van der Waals surface area contributed by atoms with Gasteiger partial charge >= 0.3 is 0 Å². The number of hydrogen-bond donors (Lipinski definition) is 1. The van der Waals surface area contributed by atoms with Gasteiger partial charge in [-0.25, -0.2) is 0 Å². The summed E-state index contributed by atoms with van der Waals surface area (Å²) in [5.41, 5.74) is 1.31. The molecule has 20 heavy (non-hydrogen) atoms. The van der Waals surface area contributed by atoms with Crippen LogP contribution in [0, 0.1) is 0 Å². The van der Waals surface area contributed by atoms with Crippen molar-refractivity contribution < 1.29 is 4.79 Å². The average molecular weight is 290 g/mol. The molecular formula is C14H18N4OS. The molecule has 2 aromatic rings. The van der Waals surface area contributed by atoms with Crippen LogP contribution in [-0.2, 0) is 24.3 Å². The average Bonchev–Trinajstić information content (AvgIpc) is 3.13. The van der Waals surface area contributed by atoms with Crippen LogP contribution in [0.4, 0.5) is 0 Å². The molecule has 106 valence electrons. The van der Waals surface area contributed by atoms with Crippen LogP contribution in [0.3, 0.4) is 0 Å². The smallest absolute Gasteiger partial charge is 0.236 e. The van der Waals surface area contributed by atoms with Crippen LogP contribution in [0.2, 0.25) is 0 Å². The molecule has 0 spiro atoms. The van der Waals surface area contributed by atoms with Crippen molar-refractivity contribution in [2.45, 2.75) is 19.5 Å². The second kappa shape index (κ2) is 6.19. The van der Waals surface area contributed by atoms with E-state index >= 15 is 0 Å². The maximum absolute atomic E-state index is 12.1. The summed E-state index contributed by atoms with van der Waals surface area (Å²) in [6, 6.07) is 4.03. The summed E-state index contributed by atoms with van der Waals surface area (Å²) in [6.45, 7) is 3.55. The number of carbonyl (C=O) groups excluding carboxylic acids is 1. The van der Waals surface area contributed by atoms with Gasteiger partial charge in [-0.2, -0.15) is 5.10 Å². The SMILES string of the molecule is O=C(CNCCn1cccn1)N1CCc2sccc2C1. The highest BCUT2D eigenvalue weighted by atomic mass is 32.1. The quantitative estimate of drug-likeness (QED) is 0.840. The van der Waals surface area contributed by atoms with Gasteiger partial charge in [0.05, 0.1) is 13.1 Å². The van der Waals surface area contributed by atoms with Crippen molar-refractivity contribution in [2.24, 2.45) is 0 Å². The van der Waals surface area contributed by atoms with Gasteiger partial charge in [0, 0.05) is 36.9 Å². The highest BCUT2D eigenvalue weighted by Gasteiger charge is 2.20. The molecule has 0 saturated heterocycles. The molecule has 0 radical (unpaired) electrons. The Labute approximate surface area is 122 Å². The Balaban J connectivity index is 1.41. The zero-order valence-corrected chi connectivity index (χ0v) is 12.1. The largest absolute Gasteiger partial charge is 0.337 e. The summed E-state index contributed by atoms with van der Waals surface area (Å²) in [5, 5.41) is 9.43. The Morgan fingerprint density at radius 3 is 3.30 bits per heavy atom. The van der Waals surface area contributed by atoms with Crippen LogP contribution in [-0.4, -0.2) is 40.2 Å². The minimum Gasteiger partial charge on any atom is -0.337 e. The molecule has 0 atom stereocenters. The molecule has 5 nitrogen and oxygen atoms in total. The summed E-state index contributed by atoms with van der Waals surface area (Å²) in [4.78, 5) is 15.5. The van der Waals surface area contributed by atoms with Crippen molar-refractivity contribution in [1.29, 1.82) is 0 Å². The molecule has 0 fully saturated rings. The zero-order valence-electron chi connectivity index (χ0n) is 11.3. The summed E-state index contributed by atoms with van der Waals surface area (Å²) in [6.07, 6.45) is 4.68. The van der Waals surface area contributed by atoms with Gasteiger partial charge in [-0.3, -0.25) is 9.48 Å².